The zero-order valence-corrected chi connectivity index (χ0v) is 11.1. The molecule has 0 fully saturated rings. The number of hydrogen-bond donors (Lipinski definition) is 3. The maximum Gasteiger partial charge on any atom is 0.328 e. The molecule has 19 heavy (non-hydrogen) atoms. The fraction of sp³-hybridized carbons (Fsp3) is 0.429. The number of hydrogen-bond acceptors (Lipinski definition) is 3. The van der Waals surface area contributed by atoms with Gasteiger partial charge in [0.05, 0.1) is 6.04 Å². The second-order valence-corrected chi connectivity index (χ2v) is 5.33. The summed E-state index contributed by atoms with van der Waals surface area (Å²) >= 11 is 0. The van der Waals surface area contributed by atoms with Gasteiger partial charge in [0.1, 0.15) is 5.54 Å². The number of aliphatic carboxylic acids is 1. The first-order chi connectivity index (χ1) is 8.90. The lowest BCUT2D eigenvalue weighted by Gasteiger charge is -2.29. The van der Waals surface area contributed by atoms with Crippen LogP contribution in [-0.4, -0.2) is 28.6 Å². The predicted molar refractivity (Wildman–Crippen MR) is 70.6 cm³/mol. The Morgan fingerprint density at radius 3 is 2.58 bits per heavy atom. The standard InChI is InChI=1S/C14H18N2O3/c1-14(2,13(18)19)16-12(17)11-7-9-5-3-4-6-10(9)8-15-11/h3-6,11,15H,7-8H2,1-2H3,(H,16,17)(H,18,19)/t11-/m0/s1. The van der Waals surface area contributed by atoms with Crippen molar-refractivity contribution in [3.05, 3.63) is 35.4 Å². The molecule has 0 radical (unpaired) electrons. The number of fused-ring (bicyclic) bond motifs is 1. The molecule has 1 atom stereocenters. The summed E-state index contributed by atoms with van der Waals surface area (Å²) in [6.45, 7) is 3.58. The van der Waals surface area contributed by atoms with Gasteiger partial charge in [-0.05, 0) is 31.4 Å². The van der Waals surface area contributed by atoms with Crippen molar-refractivity contribution in [3.8, 4) is 0 Å². The number of rotatable bonds is 3. The van der Waals surface area contributed by atoms with Crippen LogP contribution < -0.4 is 10.6 Å². The molecule has 0 aliphatic carbocycles. The van der Waals surface area contributed by atoms with Crippen LogP contribution in [0.3, 0.4) is 0 Å². The van der Waals surface area contributed by atoms with Crippen molar-refractivity contribution in [1.82, 2.24) is 10.6 Å². The minimum atomic E-state index is -1.25. The molecule has 0 saturated heterocycles. The Labute approximate surface area is 112 Å². The fourth-order valence-electron chi connectivity index (χ4n) is 2.09. The topological polar surface area (TPSA) is 78.4 Å². The summed E-state index contributed by atoms with van der Waals surface area (Å²) in [5.74, 6) is -1.32. The van der Waals surface area contributed by atoms with Crippen molar-refractivity contribution in [2.45, 2.75) is 38.4 Å². The van der Waals surface area contributed by atoms with Gasteiger partial charge < -0.3 is 15.7 Å². The number of benzene rings is 1. The quantitative estimate of drug-likeness (QED) is 0.748. The molecule has 2 rings (SSSR count). The number of amides is 1. The number of nitrogens with one attached hydrogen (secondary N) is 2. The van der Waals surface area contributed by atoms with Crippen molar-refractivity contribution in [2.75, 3.05) is 0 Å². The Morgan fingerprint density at radius 2 is 1.95 bits per heavy atom. The molecule has 1 amide bonds. The lowest BCUT2D eigenvalue weighted by Crippen LogP contribution is -2.56. The molecule has 0 saturated carbocycles. The summed E-state index contributed by atoms with van der Waals surface area (Å²) in [5, 5.41) is 14.7. The van der Waals surface area contributed by atoms with E-state index in [0.717, 1.165) is 5.56 Å². The van der Waals surface area contributed by atoms with Crippen molar-refractivity contribution in [3.63, 3.8) is 0 Å². The van der Waals surface area contributed by atoms with E-state index in [4.69, 9.17) is 5.11 Å². The first-order valence-corrected chi connectivity index (χ1v) is 6.26. The number of carboxylic acid groups (broad SMARTS) is 1. The van der Waals surface area contributed by atoms with Crippen LogP contribution in [0.4, 0.5) is 0 Å². The number of carboxylic acids is 1. The van der Waals surface area contributed by atoms with E-state index < -0.39 is 11.5 Å². The van der Waals surface area contributed by atoms with E-state index in [1.807, 2.05) is 24.3 Å². The SMILES string of the molecule is CC(C)(NC(=O)[C@@H]1Cc2ccccc2CN1)C(=O)O. The highest BCUT2D eigenvalue weighted by Crippen LogP contribution is 2.16. The minimum Gasteiger partial charge on any atom is -0.480 e. The van der Waals surface area contributed by atoms with Crippen molar-refractivity contribution in [1.29, 1.82) is 0 Å². The molecule has 0 unspecified atom stereocenters. The van der Waals surface area contributed by atoms with Crippen LogP contribution >= 0.6 is 0 Å². The Hall–Kier alpha value is -1.88. The molecule has 1 heterocycles. The zero-order chi connectivity index (χ0) is 14.0. The van der Waals surface area contributed by atoms with Crippen molar-refractivity contribution >= 4 is 11.9 Å². The normalized spacial score (nSPS) is 18.5. The van der Waals surface area contributed by atoms with E-state index in [9.17, 15) is 9.59 Å². The van der Waals surface area contributed by atoms with E-state index in [1.54, 1.807) is 0 Å². The maximum atomic E-state index is 12.1. The van der Waals surface area contributed by atoms with Crippen LogP contribution in [0.5, 0.6) is 0 Å². The molecule has 1 aromatic carbocycles. The van der Waals surface area contributed by atoms with Crippen LogP contribution in [0.2, 0.25) is 0 Å². The highest BCUT2D eigenvalue weighted by molar-refractivity contribution is 5.89. The largest absolute Gasteiger partial charge is 0.480 e. The second kappa shape index (κ2) is 5.01. The molecule has 5 nitrogen and oxygen atoms in total. The highest BCUT2D eigenvalue weighted by Gasteiger charge is 2.33. The van der Waals surface area contributed by atoms with Crippen LogP contribution in [0.1, 0.15) is 25.0 Å². The van der Waals surface area contributed by atoms with Gasteiger partial charge in [-0.2, -0.15) is 0 Å². The molecule has 5 heteroatoms. The Bertz CT molecular complexity index is 511. The van der Waals surface area contributed by atoms with Gasteiger partial charge in [0.2, 0.25) is 5.91 Å². The molecule has 1 aliphatic rings. The predicted octanol–water partition coefficient (Wildman–Crippen LogP) is 0.680. The first-order valence-electron chi connectivity index (χ1n) is 6.26. The van der Waals surface area contributed by atoms with E-state index in [-0.39, 0.29) is 11.9 Å². The lowest BCUT2D eigenvalue weighted by atomic mass is 9.94. The summed E-state index contributed by atoms with van der Waals surface area (Å²) in [7, 11) is 0. The van der Waals surface area contributed by atoms with Crippen molar-refractivity contribution < 1.29 is 14.7 Å². The third kappa shape index (κ3) is 2.93. The van der Waals surface area contributed by atoms with E-state index in [0.29, 0.717) is 13.0 Å². The minimum absolute atomic E-state index is 0.276. The van der Waals surface area contributed by atoms with Gasteiger partial charge in [-0.25, -0.2) is 4.79 Å². The molecular formula is C14H18N2O3. The average molecular weight is 262 g/mol. The molecule has 1 aliphatic heterocycles. The maximum absolute atomic E-state index is 12.1. The Balaban J connectivity index is 2.05. The molecular weight excluding hydrogens is 244 g/mol. The van der Waals surface area contributed by atoms with Gasteiger partial charge in [0.15, 0.2) is 0 Å². The summed E-state index contributed by atoms with van der Waals surface area (Å²) in [6.07, 6.45) is 0.581. The fourth-order valence-corrected chi connectivity index (χ4v) is 2.09. The summed E-state index contributed by atoms with van der Waals surface area (Å²) in [5.41, 5.74) is 1.06. The van der Waals surface area contributed by atoms with Gasteiger partial charge in [0, 0.05) is 6.54 Å². The van der Waals surface area contributed by atoms with Crippen LogP contribution in [0.25, 0.3) is 0 Å². The first kappa shape index (κ1) is 13.5. The summed E-state index contributed by atoms with van der Waals surface area (Å²) in [4.78, 5) is 23.1. The van der Waals surface area contributed by atoms with Gasteiger partial charge >= 0.3 is 5.97 Å². The number of carbonyl (C=O) groups is 2. The van der Waals surface area contributed by atoms with Gasteiger partial charge in [-0.3, -0.25) is 4.79 Å². The van der Waals surface area contributed by atoms with Crippen LogP contribution in [-0.2, 0) is 22.6 Å². The number of carbonyl (C=O) groups excluding carboxylic acids is 1. The van der Waals surface area contributed by atoms with Crippen LogP contribution in [0, 0.1) is 0 Å². The molecule has 3 N–H and O–H groups in total. The molecule has 0 spiro atoms. The molecule has 0 bridgehead atoms. The van der Waals surface area contributed by atoms with Gasteiger partial charge in [0.25, 0.3) is 0 Å². The zero-order valence-electron chi connectivity index (χ0n) is 11.1. The third-order valence-corrected chi connectivity index (χ3v) is 3.37. The van der Waals surface area contributed by atoms with Gasteiger partial charge in [-0.1, -0.05) is 24.3 Å². The van der Waals surface area contributed by atoms with E-state index >= 15 is 0 Å². The van der Waals surface area contributed by atoms with Crippen molar-refractivity contribution in [2.24, 2.45) is 0 Å². The molecule has 102 valence electrons. The third-order valence-electron chi connectivity index (χ3n) is 3.37. The lowest BCUT2D eigenvalue weighted by molar-refractivity contribution is -0.146. The highest BCUT2D eigenvalue weighted by atomic mass is 16.4. The monoisotopic (exact) mass is 262 g/mol. The summed E-state index contributed by atoms with van der Waals surface area (Å²) < 4.78 is 0. The second-order valence-electron chi connectivity index (χ2n) is 5.33. The Morgan fingerprint density at radius 1 is 1.32 bits per heavy atom. The molecule has 0 aromatic heterocycles. The van der Waals surface area contributed by atoms with Crippen LogP contribution in [0.15, 0.2) is 24.3 Å². The summed E-state index contributed by atoms with van der Waals surface area (Å²) in [6, 6.07) is 7.55. The van der Waals surface area contributed by atoms with E-state index in [1.165, 1.54) is 19.4 Å². The Kier molecular flexibility index (Phi) is 3.57. The average Bonchev–Trinajstić information content (AvgIpc) is 2.37. The molecule has 1 aromatic rings. The van der Waals surface area contributed by atoms with Gasteiger partial charge in [-0.15, -0.1) is 0 Å². The van der Waals surface area contributed by atoms with E-state index in [2.05, 4.69) is 10.6 Å². The smallest absolute Gasteiger partial charge is 0.328 e.